The van der Waals surface area contributed by atoms with Crippen LogP contribution in [-0.4, -0.2) is 38.0 Å². The van der Waals surface area contributed by atoms with Gasteiger partial charge in [0.05, 0.1) is 18.8 Å². The summed E-state index contributed by atoms with van der Waals surface area (Å²) in [5.41, 5.74) is 2.26. The number of nitrogens with zero attached hydrogens (tertiary/aromatic N) is 6. The molecule has 0 unspecified atom stereocenters. The molecule has 0 aliphatic carbocycles. The molecule has 9 nitrogen and oxygen atoms in total. The van der Waals surface area contributed by atoms with E-state index < -0.39 is 5.97 Å². The summed E-state index contributed by atoms with van der Waals surface area (Å²) in [5, 5.41) is 25.7. The van der Waals surface area contributed by atoms with Crippen LogP contribution in [0.5, 0.6) is 0 Å². The summed E-state index contributed by atoms with van der Waals surface area (Å²) in [6, 6.07) is 14.8. The number of benzene rings is 1. The lowest BCUT2D eigenvalue weighted by Gasteiger charge is -2.11. The third-order valence-electron chi connectivity index (χ3n) is 4.32. The van der Waals surface area contributed by atoms with E-state index in [0.29, 0.717) is 23.0 Å². The SMILES string of the molecule is COC(=O)c1ccc(Nc2c(C#N)cnn2-c2cc(C)c3ccccc3n2)nn1. The molecule has 0 bridgehead atoms. The quantitative estimate of drug-likeness (QED) is 0.533. The minimum atomic E-state index is -0.581. The second-order valence-electron chi connectivity index (χ2n) is 6.17. The second-order valence-corrected chi connectivity index (χ2v) is 6.17. The predicted octanol–water partition coefficient (Wildman–Crippen LogP) is 2.92. The molecular weight excluding hydrogens is 370 g/mol. The molecule has 0 radical (unpaired) electrons. The van der Waals surface area contributed by atoms with Gasteiger partial charge in [-0.15, -0.1) is 10.2 Å². The van der Waals surface area contributed by atoms with E-state index in [2.05, 4.69) is 36.4 Å². The Labute approximate surface area is 165 Å². The number of ether oxygens (including phenoxy) is 1. The molecule has 0 fully saturated rings. The highest BCUT2D eigenvalue weighted by atomic mass is 16.5. The number of para-hydroxylation sites is 1. The van der Waals surface area contributed by atoms with Gasteiger partial charge in [-0.3, -0.25) is 0 Å². The third kappa shape index (κ3) is 3.35. The minimum absolute atomic E-state index is 0.0823. The van der Waals surface area contributed by atoms with Crippen LogP contribution in [0.25, 0.3) is 16.7 Å². The molecule has 0 amide bonds. The first-order chi connectivity index (χ1) is 14.1. The van der Waals surface area contributed by atoms with Gasteiger partial charge in [0.1, 0.15) is 11.6 Å². The zero-order chi connectivity index (χ0) is 20.4. The first-order valence-corrected chi connectivity index (χ1v) is 8.64. The monoisotopic (exact) mass is 385 g/mol. The number of pyridine rings is 1. The molecule has 29 heavy (non-hydrogen) atoms. The third-order valence-corrected chi connectivity index (χ3v) is 4.32. The van der Waals surface area contributed by atoms with Crippen molar-refractivity contribution in [3.8, 4) is 11.9 Å². The number of esters is 1. The Balaban J connectivity index is 1.75. The maximum Gasteiger partial charge on any atom is 0.358 e. The molecule has 1 aromatic carbocycles. The van der Waals surface area contributed by atoms with E-state index in [1.807, 2.05) is 37.3 Å². The van der Waals surface area contributed by atoms with E-state index in [1.165, 1.54) is 24.1 Å². The van der Waals surface area contributed by atoms with Crippen LogP contribution in [0.3, 0.4) is 0 Å². The van der Waals surface area contributed by atoms with Gasteiger partial charge in [-0.1, -0.05) is 18.2 Å². The van der Waals surface area contributed by atoms with E-state index >= 15 is 0 Å². The van der Waals surface area contributed by atoms with Crippen LogP contribution in [0.1, 0.15) is 21.6 Å². The number of anilines is 2. The van der Waals surface area contributed by atoms with E-state index in [4.69, 9.17) is 0 Å². The largest absolute Gasteiger partial charge is 0.464 e. The van der Waals surface area contributed by atoms with Crippen molar-refractivity contribution in [1.29, 1.82) is 5.26 Å². The van der Waals surface area contributed by atoms with Crippen LogP contribution in [-0.2, 0) is 4.74 Å². The van der Waals surface area contributed by atoms with Gasteiger partial charge in [-0.05, 0) is 36.8 Å². The Morgan fingerprint density at radius 1 is 1.21 bits per heavy atom. The molecule has 4 rings (SSSR count). The number of hydrogen-bond acceptors (Lipinski definition) is 8. The Hall–Kier alpha value is -4.32. The van der Waals surface area contributed by atoms with E-state index in [0.717, 1.165) is 16.5 Å². The number of carbonyl (C=O) groups is 1. The Morgan fingerprint density at radius 3 is 2.76 bits per heavy atom. The molecule has 0 atom stereocenters. The zero-order valence-corrected chi connectivity index (χ0v) is 15.6. The molecule has 9 heteroatoms. The van der Waals surface area contributed by atoms with Crippen molar-refractivity contribution in [3.63, 3.8) is 0 Å². The average molecular weight is 385 g/mol. The van der Waals surface area contributed by atoms with Crippen LogP contribution in [0, 0.1) is 18.3 Å². The van der Waals surface area contributed by atoms with Gasteiger partial charge in [0, 0.05) is 5.39 Å². The molecular formula is C20H15N7O2. The van der Waals surface area contributed by atoms with Crippen molar-refractivity contribution in [1.82, 2.24) is 25.0 Å². The number of rotatable bonds is 4. The summed E-state index contributed by atoms with van der Waals surface area (Å²) < 4.78 is 6.15. The summed E-state index contributed by atoms with van der Waals surface area (Å²) in [6.45, 7) is 1.99. The summed E-state index contributed by atoms with van der Waals surface area (Å²) in [4.78, 5) is 16.2. The molecule has 0 saturated carbocycles. The number of aryl methyl sites for hydroxylation is 1. The average Bonchev–Trinajstić information content (AvgIpc) is 3.16. The van der Waals surface area contributed by atoms with Crippen molar-refractivity contribution < 1.29 is 9.53 Å². The van der Waals surface area contributed by atoms with Crippen LogP contribution in [0.15, 0.2) is 48.7 Å². The molecule has 3 aromatic heterocycles. The minimum Gasteiger partial charge on any atom is -0.464 e. The topological polar surface area (TPSA) is 119 Å². The van der Waals surface area contributed by atoms with Crippen molar-refractivity contribution in [3.05, 3.63) is 65.5 Å². The van der Waals surface area contributed by atoms with E-state index in [9.17, 15) is 10.1 Å². The molecule has 0 aliphatic heterocycles. The lowest BCUT2D eigenvalue weighted by atomic mass is 10.1. The number of carbonyl (C=O) groups excluding carboxylic acids is 1. The maximum absolute atomic E-state index is 11.5. The van der Waals surface area contributed by atoms with Crippen molar-refractivity contribution in [2.75, 3.05) is 12.4 Å². The van der Waals surface area contributed by atoms with Crippen molar-refractivity contribution in [2.45, 2.75) is 6.92 Å². The molecule has 0 saturated heterocycles. The fourth-order valence-corrected chi connectivity index (χ4v) is 2.90. The summed E-state index contributed by atoms with van der Waals surface area (Å²) in [5.74, 6) is 0.718. The second kappa shape index (κ2) is 7.36. The lowest BCUT2D eigenvalue weighted by molar-refractivity contribution is 0.0593. The zero-order valence-electron chi connectivity index (χ0n) is 15.6. The van der Waals surface area contributed by atoms with Crippen LogP contribution in [0.2, 0.25) is 0 Å². The van der Waals surface area contributed by atoms with E-state index in [-0.39, 0.29) is 5.69 Å². The van der Waals surface area contributed by atoms with Gasteiger partial charge in [0.2, 0.25) is 0 Å². The normalized spacial score (nSPS) is 10.5. The number of aromatic nitrogens is 5. The summed E-state index contributed by atoms with van der Waals surface area (Å²) in [7, 11) is 1.27. The van der Waals surface area contributed by atoms with Crippen molar-refractivity contribution >= 4 is 28.5 Å². The smallest absolute Gasteiger partial charge is 0.358 e. The number of methoxy groups -OCH3 is 1. The fraction of sp³-hybridized carbons (Fsp3) is 0.100. The first kappa shape index (κ1) is 18.1. The maximum atomic E-state index is 11.5. The highest BCUT2D eigenvalue weighted by Crippen LogP contribution is 2.25. The van der Waals surface area contributed by atoms with Crippen LogP contribution < -0.4 is 5.32 Å². The van der Waals surface area contributed by atoms with Gasteiger partial charge in [0.15, 0.2) is 23.1 Å². The number of nitrogens with one attached hydrogen (secondary N) is 1. The lowest BCUT2D eigenvalue weighted by Crippen LogP contribution is -2.09. The Morgan fingerprint density at radius 2 is 2.03 bits per heavy atom. The Kier molecular flexibility index (Phi) is 4.58. The first-order valence-electron chi connectivity index (χ1n) is 8.64. The molecule has 3 heterocycles. The highest BCUT2D eigenvalue weighted by molar-refractivity contribution is 5.87. The van der Waals surface area contributed by atoms with Gasteiger partial charge in [-0.2, -0.15) is 15.0 Å². The molecule has 1 N–H and O–H groups in total. The standard InChI is InChI=1S/C20H15N7O2/c1-12-9-18(23-15-6-4-3-5-14(12)15)27-19(13(10-21)11-22-27)24-17-8-7-16(25-26-17)20(28)29-2/h3-9,11H,1-2H3,(H,24,26). The number of nitriles is 1. The molecule has 4 aromatic rings. The van der Waals surface area contributed by atoms with Crippen LogP contribution >= 0.6 is 0 Å². The van der Waals surface area contributed by atoms with Gasteiger partial charge in [-0.25, -0.2) is 9.78 Å². The number of fused-ring (bicyclic) bond motifs is 1. The van der Waals surface area contributed by atoms with Crippen LogP contribution in [0.4, 0.5) is 11.6 Å². The predicted molar refractivity (Wildman–Crippen MR) is 105 cm³/mol. The number of hydrogen-bond donors (Lipinski definition) is 1. The highest BCUT2D eigenvalue weighted by Gasteiger charge is 2.16. The summed E-state index contributed by atoms with van der Waals surface area (Å²) in [6.07, 6.45) is 1.45. The molecule has 0 aliphatic rings. The molecule has 142 valence electrons. The van der Waals surface area contributed by atoms with Gasteiger partial charge >= 0.3 is 5.97 Å². The van der Waals surface area contributed by atoms with Gasteiger partial charge in [0.25, 0.3) is 0 Å². The van der Waals surface area contributed by atoms with Gasteiger partial charge < -0.3 is 10.1 Å². The fourth-order valence-electron chi connectivity index (χ4n) is 2.90. The Bertz CT molecular complexity index is 1260. The molecule has 0 spiro atoms. The van der Waals surface area contributed by atoms with E-state index in [1.54, 1.807) is 6.07 Å². The summed E-state index contributed by atoms with van der Waals surface area (Å²) >= 11 is 0. The van der Waals surface area contributed by atoms with Crippen molar-refractivity contribution in [2.24, 2.45) is 0 Å².